The van der Waals surface area contributed by atoms with Gasteiger partial charge in [-0.25, -0.2) is 0 Å². The van der Waals surface area contributed by atoms with Crippen molar-refractivity contribution in [2.75, 3.05) is 0 Å². The largest absolute Gasteiger partial charge is 0.370 e. The van der Waals surface area contributed by atoms with E-state index in [4.69, 9.17) is 11.5 Å². The molecule has 4 N–H and O–H groups in total. The summed E-state index contributed by atoms with van der Waals surface area (Å²) in [6.45, 7) is 0. The van der Waals surface area contributed by atoms with E-state index in [0.29, 0.717) is 5.56 Å². The van der Waals surface area contributed by atoms with Crippen LogP contribution >= 0.6 is 12.4 Å². The average Bonchev–Trinajstić information content (AvgIpc) is 2.05. The summed E-state index contributed by atoms with van der Waals surface area (Å²) in [6, 6.07) is 3.22. The van der Waals surface area contributed by atoms with Crippen molar-refractivity contribution in [1.29, 1.82) is 0 Å². The quantitative estimate of drug-likeness (QED) is 0.490. The molecule has 0 radical (unpaired) electrons. The van der Waals surface area contributed by atoms with Gasteiger partial charge in [0.25, 0.3) is 5.91 Å². The topological polar surface area (TPSA) is 94.4 Å². The number of nitrogens with two attached hydrogens (primary N) is 2. The highest BCUT2D eigenvalue weighted by Crippen LogP contribution is 1.97. The van der Waals surface area contributed by atoms with Crippen LogP contribution in [0.4, 0.5) is 0 Å². The van der Waals surface area contributed by atoms with Crippen molar-refractivity contribution >= 4 is 24.3 Å². The van der Waals surface area contributed by atoms with Crippen LogP contribution in [0.3, 0.4) is 0 Å². The summed E-state index contributed by atoms with van der Waals surface area (Å²) < 4.78 is 0. The van der Waals surface area contributed by atoms with Crippen molar-refractivity contribution in [3.8, 4) is 0 Å². The van der Waals surface area contributed by atoms with E-state index in [1.165, 1.54) is 6.20 Å². The molecule has 0 unspecified atom stereocenters. The number of pyridine rings is 1. The summed E-state index contributed by atoms with van der Waals surface area (Å²) in [5.74, 6) is -0.730. The summed E-state index contributed by atoms with van der Waals surface area (Å²) >= 11 is 0. The zero-order valence-corrected chi connectivity index (χ0v) is 7.49. The first kappa shape index (κ1) is 11.4. The molecule has 0 atom stereocenters. The smallest absolute Gasteiger partial charge is 0.281 e. The predicted molar refractivity (Wildman–Crippen MR) is 51.6 cm³/mol. The second kappa shape index (κ2) is 5.10. The molecule has 1 heterocycles. The summed E-state index contributed by atoms with van der Waals surface area (Å²) in [5.41, 5.74) is 10.4. The molecule has 0 fully saturated rings. The number of carbonyl (C=O) groups excluding carboxylic acids is 1. The van der Waals surface area contributed by atoms with Crippen LogP contribution in [0.2, 0.25) is 0 Å². The van der Waals surface area contributed by atoms with Crippen molar-refractivity contribution < 1.29 is 4.79 Å². The lowest BCUT2D eigenvalue weighted by molar-refractivity contribution is 0.100. The molecular weight excluding hydrogens is 192 g/mol. The molecule has 0 saturated carbocycles. The second-order valence-electron chi connectivity index (χ2n) is 2.08. The molecular formula is C7H9ClN4O. The molecule has 0 bridgehead atoms. The van der Waals surface area contributed by atoms with E-state index < -0.39 is 5.91 Å². The van der Waals surface area contributed by atoms with Crippen LogP contribution in [0.25, 0.3) is 0 Å². The number of halogens is 1. The van der Waals surface area contributed by atoms with E-state index in [1.807, 2.05) is 0 Å². The zero-order valence-electron chi connectivity index (χ0n) is 6.68. The van der Waals surface area contributed by atoms with Gasteiger partial charge in [0.05, 0.1) is 5.56 Å². The van der Waals surface area contributed by atoms with Gasteiger partial charge in [0.1, 0.15) is 0 Å². The molecule has 1 amide bonds. The van der Waals surface area contributed by atoms with Gasteiger partial charge in [0.2, 0.25) is 0 Å². The fraction of sp³-hybridized carbons (Fsp3) is 0. The number of rotatable bonds is 1. The number of guanidine groups is 1. The minimum Gasteiger partial charge on any atom is -0.370 e. The fourth-order valence-electron chi connectivity index (χ4n) is 0.671. The SMILES string of the molecule is Cl.NC(N)=NC(=O)c1cccnc1. The molecule has 1 aromatic rings. The summed E-state index contributed by atoms with van der Waals surface area (Å²) in [4.78, 5) is 18.1. The molecule has 0 aliphatic rings. The van der Waals surface area contributed by atoms with Crippen LogP contribution in [0, 0.1) is 0 Å². The zero-order chi connectivity index (χ0) is 8.97. The van der Waals surface area contributed by atoms with Crippen LogP contribution in [0.1, 0.15) is 10.4 Å². The van der Waals surface area contributed by atoms with Gasteiger partial charge < -0.3 is 11.5 Å². The van der Waals surface area contributed by atoms with E-state index in [-0.39, 0.29) is 18.4 Å². The second-order valence-corrected chi connectivity index (χ2v) is 2.08. The van der Waals surface area contributed by atoms with Gasteiger partial charge >= 0.3 is 0 Å². The Kier molecular flexibility index (Phi) is 4.47. The van der Waals surface area contributed by atoms with Gasteiger partial charge in [-0.15, -0.1) is 12.4 Å². The molecule has 6 heteroatoms. The number of carbonyl (C=O) groups is 1. The van der Waals surface area contributed by atoms with E-state index in [2.05, 4.69) is 9.98 Å². The molecule has 0 aliphatic carbocycles. The van der Waals surface area contributed by atoms with Crippen LogP contribution in [-0.2, 0) is 0 Å². The van der Waals surface area contributed by atoms with Crippen molar-refractivity contribution in [1.82, 2.24) is 4.98 Å². The van der Waals surface area contributed by atoms with E-state index >= 15 is 0 Å². The highest BCUT2D eigenvalue weighted by molar-refractivity contribution is 6.01. The van der Waals surface area contributed by atoms with Crippen molar-refractivity contribution in [2.24, 2.45) is 16.5 Å². The normalized spacial score (nSPS) is 8.31. The molecule has 13 heavy (non-hydrogen) atoms. The fourth-order valence-corrected chi connectivity index (χ4v) is 0.671. The highest BCUT2D eigenvalue weighted by Gasteiger charge is 2.02. The first-order valence-corrected chi connectivity index (χ1v) is 3.24. The predicted octanol–water partition coefficient (Wildman–Crippen LogP) is -0.0830. The van der Waals surface area contributed by atoms with Gasteiger partial charge in [-0.2, -0.15) is 4.99 Å². The Morgan fingerprint density at radius 1 is 1.46 bits per heavy atom. The van der Waals surface area contributed by atoms with Crippen molar-refractivity contribution in [3.63, 3.8) is 0 Å². The number of hydrogen-bond donors (Lipinski definition) is 2. The van der Waals surface area contributed by atoms with Gasteiger partial charge in [-0.1, -0.05) is 0 Å². The van der Waals surface area contributed by atoms with Crippen LogP contribution in [-0.4, -0.2) is 16.9 Å². The van der Waals surface area contributed by atoms with Crippen LogP contribution in [0.15, 0.2) is 29.5 Å². The number of amides is 1. The minimum atomic E-state index is -0.483. The Morgan fingerprint density at radius 2 is 2.15 bits per heavy atom. The molecule has 1 rings (SSSR count). The van der Waals surface area contributed by atoms with Crippen LogP contribution in [0.5, 0.6) is 0 Å². The van der Waals surface area contributed by atoms with Crippen LogP contribution < -0.4 is 11.5 Å². The summed E-state index contributed by atoms with van der Waals surface area (Å²) in [7, 11) is 0. The Labute approximate surface area is 81.3 Å². The Balaban J connectivity index is 0.00000144. The van der Waals surface area contributed by atoms with Crippen molar-refractivity contribution in [2.45, 2.75) is 0 Å². The van der Waals surface area contributed by atoms with Crippen molar-refractivity contribution in [3.05, 3.63) is 30.1 Å². The third-order valence-electron chi connectivity index (χ3n) is 1.14. The molecule has 0 aromatic carbocycles. The Hall–Kier alpha value is -1.62. The maximum Gasteiger partial charge on any atom is 0.281 e. The number of nitrogens with zero attached hydrogens (tertiary/aromatic N) is 2. The van der Waals surface area contributed by atoms with E-state index in [0.717, 1.165) is 0 Å². The van der Waals surface area contributed by atoms with Gasteiger partial charge in [-0.3, -0.25) is 9.78 Å². The molecule has 70 valence electrons. The summed E-state index contributed by atoms with van der Waals surface area (Å²) in [5, 5.41) is 0. The standard InChI is InChI=1S/C7H8N4O.ClH/c8-7(9)11-6(12)5-2-1-3-10-4-5;/h1-4H,(H4,8,9,11,12);1H. The van der Waals surface area contributed by atoms with E-state index in [9.17, 15) is 4.79 Å². The maximum absolute atomic E-state index is 11.1. The number of aliphatic imine (C=N–C) groups is 1. The lowest BCUT2D eigenvalue weighted by Gasteiger charge is -1.92. The van der Waals surface area contributed by atoms with Gasteiger partial charge in [-0.05, 0) is 12.1 Å². The molecule has 5 nitrogen and oxygen atoms in total. The highest BCUT2D eigenvalue weighted by atomic mass is 35.5. The lowest BCUT2D eigenvalue weighted by Crippen LogP contribution is -2.24. The Bertz CT molecular complexity index is 308. The van der Waals surface area contributed by atoms with Gasteiger partial charge in [0, 0.05) is 12.4 Å². The average molecular weight is 201 g/mol. The monoisotopic (exact) mass is 200 g/mol. The third-order valence-corrected chi connectivity index (χ3v) is 1.14. The lowest BCUT2D eigenvalue weighted by atomic mass is 10.3. The molecule has 1 aromatic heterocycles. The number of hydrogen-bond acceptors (Lipinski definition) is 2. The molecule has 0 spiro atoms. The number of aromatic nitrogens is 1. The summed E-state index contributed by atoms with van der Waals surface area (Å²) in [6.07, 6.45) is 2.96. The van der Waals surface area contributed by atoms with Gasteiger partial charge in [0.15, 0.2) is 5.96 Å². The molecule has 0 saturated heterocycles. The first-order chi connectivity index (χ1) is 5.70. The minimum absolute atomic E-state index is 0. The third kappa shape index (κ3) is 3.53. The maximum atomic E-state index is 11.1. The Morgan fingerprint density at radius 3 is 2.62 bits per heavy atom. The first-order valence-electron chi connectivity index (χ1n) is 3.24. The van der Waals surface area contributed by atoms with E-state index in [1.54, 1.807) is 18.3 Å². The molecule has 0 aliphatic heterocycles.